The van der Waals surface area contributed by atoms with Gasteiger partial charge in [0.25, 0.3) is 5.89 Å². The Balaban J connectivity index is 1.47. The van der Waals surface area contributed by atoms with Crippen molar-refractivity contribution in [1.82, 2.24) is 10.1 Å². The zero-order valence-electron chi connectivity index (χ0n) is 25.2. The first-order valence-corrected chi connectivity index (χ1v) is 14.5. The highest BCUT2D eigenvalue weighted by molar-refractivity contribution is 5.96. The second kappa shape index (κ2) is 12.7. The molecule has 1 aromatic heterocycles. The highest BCUT2D eigenvalue weighted by Crippen LogP contribution is 2.49. The van der Waals surface area contributed by atoms with Gasteiger partial charge in [0.2, 0.25) is 5.91 Å². The van der Waals surface area contributed by atoms with E-state index in [1.165, 1.54) is 18.7 Å². The fraction of sp³-hybridized carbons (Fsp3) is 0.500. The number of aldehydes is 1. The Hall–Kier alpha value is -3.80. The number of carbonyl (C=O) groups excluding carboxylic acids is 2. The first-order chi connectivity index (χ1) is 20.5. The number of alkyl halides is 4. The number of benzene rings is 2. The number of carbonyl (C=O) groups is 2. The number of aliphatic hydroxyl groups is 1. The van der Waals surface area contributed by atoms with E-state index in [-0.39, 0.29) is 12.4 Å². The Bertz CT molecular complexity index is 1440. The molecule has 1 N–H and O–H groups in total. The van der Waals surface area contributed by atoms with Gasteiger partial charge in [-0.25, -0.2) is 4.39 Å². The van der Waals surface area contributed by atoms with E-state index in [2.05, 4.69) is 10.1 Å². The predicted octanol–water partition coefficient (Wildman–Crippen LogP) is 6.75. The summed E-state index contributed by atoms with van der Waals surface area (Å²) in [6.07, 6.45) is -3.23. The first kappa shape index (κ1) is 33.1. The molecule has 0 bridgehead atoms. The number of unbranched alkanes of at least 4 members (excludes halogenated alkanes) is 2. The lowest BCUT2D eigenvalue weighted by Gasteiger charge is -2.45. The molecule has 0 aliphatic heterocycles. The number of aryl methyl sites for hydroxylation is 1. The number of hydrogen-bond acceptors (Lipinski definition) is 7. The molecular weight excluding hydrogens is 582 g/mol. The maximum atomic E-state index is 14.0. The Kier molecular flexibility index (Phi) is 9.53. The smallest absolute Gasteiger partial charge is 0.417 e. The van der Waals surface area contributed by atoms with Crippen molar-refractivity contribution in [2.75, 3.05) is 11.4 Å². The van der Waals surface area contributed by atoms with Gasteiger partial charge in [0, 0.05) is 24.6 Å². The van der Waals surface area contributed by atoms with Crippen molar-refractivity contribution in [1.29, 1.82) is 0 Å². The van der Waals surface area contributed by atoms with Crippen LogP contribution in [0.5, 0.6) is 5.75 Å². The Morgan fingerprint density at radius 3 is 2.32 bits per heavy atom. The summed E-state index contributed by atoms with van der Waals surface area (Å²) < 4.78 is 64.5. The average Bonchev–Trinajstić information content (AvgIpc) is 3.42. The molecule has 8 nitrogen and oxygen atoms in total. The Morgan fingerprint density at radius 1 is 1.05 bits per heavy atom. The maximum Gasteiger partial charge on any atom is 0.417 e. The fourth-order valence-corrected chi connectivity index (χ4v) is 4.97. The third kappa shape index (κ3) is 7.82. The highest BCUT2D eigenvalue weighted by atomic mass is 19.4. The minimum atomic E-state index is -4.81. The topological polar surface area (TPSA) is 106 Å². The molecule has 0 radical (unpaired) electrons. The normalized spacial score (nSPS) is 18.9. The number of halogens is 4. The third-order valence-electron chi connectivity index (χ3n) is 7.58. The summed E-state index contributed by atoms with van der Waals surface area (Å²) in [4.78, 5) is 30.3. The van der Waals surface area contributed by atoms with Gasteiger partial charge < -0.3 is 19.3 Å². The SMILES string of the molecule is CC(C)(C=O)Oc1ccc(-c2cccc(N(CCCCCc3noc(C(C)(C)F)n3)C(=O)C3CC(O)(C(F)(F)F)C3)c2)cc1. The lowest BCUT2D eigenvalue weighted by Crippen LogP contribution is -2.59. The van der Waals surface area contributed by atoms with Crippen LogP contribution >= 0.6 is 0 Å². The van der Waals surface area contributed by atoms with Crippen molar-refractivity contribution in [3.05, 3.63) is 60.2 Å². The minimum absolute atomic E-state index is 0.101. The summed E-state index contributed by atoms with van der Waals surface area (Å²) in [7, 11) is 0. The quantitative estimate of drug-likeness (QED) is 0.128. The van der Waals surface area contributed by atoms with Crippen LogP contribution in [0.4, 0.5) is 23.2 Å². The fourth-order valence-electron chi connectivity index (χ4n) is 4.97. The molecule has 4 rings (SSSR count). The van der Waals surface area contributed by atoms with Crippen LogP contribution in [-0.4, -0.2) is 51.4 Å². The van der Waals surface area contributed by atoms with Crippen LogP contribution in [0.15, 0.2) is 53.1 Å². The number of ether oxygens (including phenoxy) is 1. The van der Waals surface area contributed by atoms with Crippen molar-refractivity contribution < 1.29 is 41.5 Å². The zero-order chi connectivity index (χ0) is 32.3. The number of amides is 1. The zero-order valence-corrected chi connectivity index (χ0v) is 25.2. The molecule has 1 saturated carbocycles. The van der Waals surface area contributed by atoms with Gasteiger partial charge in [-0.1, -0.05) is 35.8 Å². The largest absolute Gasteiger partial charge is 0.480 e. The van der Waals surface area contributed by atoms with Crippen LogP contribution in [0, 0.1) is 5.92 Å². The van der Waals surface area contributed by atoms with Crippen molar-refractivity contribution in [3.8, 4) is 16.9 Å². The van der Waals surface area contributed by atoms with Gasteiger partial charge in [0.05, 0.1) is 0 Å². The predicted molar refractivity (Wildman–Crippen MR) is 155 cm³/mol. The van der Waals surface area contributed by atoms with Crippen molar-refractivity contribution in [3.63, 3.8) is 0 Å². The van der Waals surface area contributed by atoms with Crippen molar-refractivity contribution in [2.45, 2.75) is 89.3 Å². The second-order valence-electron chi connectivity index (χ2n) is 12.3. The number of anilines is 1. The molecule has 3 aromatic rings. The summed E-state index contributed by atoms with van der Waals surface area (Å²) in [6, 6.07) is 14.2. The molecule has 44 heavy (non-hydrogen) atoms. The van der Waals surface area contributed by atoms with E-state index in [0.29, 0.717) is 49.2 Å². The molecule has 0 unspecified atom stereocenters. The molecule has 0 atom stereocenters. The molecule has 1 fully saturated rings. The summed E-state index contributed by atoms with van der Waals surface area (Å²) >= 11 is 0. The van der Waals surface area contributed by atoms with Gasteiger partial charge in [0.1, 0.15) is 5.75 Å². The van der Waals surface area contributed by atoms with Crippen LogP contribution in [0.3, 0.4) is 0 Å². The van der Waals surface area contributed by atoms with Gasteiger partial charge in [-0.15, -0.1) is 0 Å². The molecule has 1 aliphatic rings. The number of hydrogen-bond donors (Lipinski definition) is 1. The standard InChI is InChI=1S/C32H37F4N3O5/c1-29(2,20-40)43-25-14-12-21(13-15-25)22-9-8-10-24(17-22)39(27(41)23-18-31(42,19-23)32(34,35)36)16-7-5-6-11-26-37-28(44-38-26)30(3,4)33/h8-10,12-15,17,20,23,42H,5-7,11,16,18-19H2,1-4H3. The Labute approximate surface area is 253 Å². The monoisotopic (exact) mass is 619 g/mol. The van der Waals surface area contributed by atoms with Gasteiger partial charge in [0.15, 0.2) is 29.0 Å². The van der Waals surface area contributed by atoms with Gasteiger partial charge in [-0.3, -0.25) is 9.59 Å². The van der Waals surface area contributed by atoms with E-state index in [1.807, 2.05) is 18.2 Å². The minimum Gasteiger partial charge on any atom is -0.480 e. The average molecular weight is 620 g/mol. The van der Waals surface area contributed by atoms with E-state index in [1.54, 1.807) is 44.2 Å². The molecule has 0 spiro atoms. The van der Waals surface area contributed by atoms with Gasteiger partial charge in [-0.2, -0.15) is 18.2 Å². The van der Waals surface area contributed by atoms with Gasteiger partial charge >= 0.3 is 6.18 Å². The highest BCUT2D eigenvalue weighted by Gasteiger charge is 2.63. The molecule has 1 heterocycles. The Morgan fingerprint density at radius 2 is 1.73 bits per heavy atom. The molecule has 0 saturated heterocycles. The van der Waals surface area contributed by atoms with E-state index in [4.69, 9.17) is 9.26 Å². The molecule has 1 aliphatic carbocycles. The summed E-state index contributed by atoms with van der Waals surface area (Å²) in [5.74, 6) is -0.672. The lowest BCUT2D eigenvalue weighted by atomic mass is 9.69. The first-order valence-electron chi connectivity index (χ1n) is 14.5. The van der Waals surface area contributed by atoms with Crippen LogP contribution in [0.2, 0.25) is 0 Å². The van der Waals surface area contributed by atoms with Crippen LogP contribution in [0.25, 0.3) is 11.1 Å². The van der Waals surface area contributed by atoms with Crippen LogP contribution < -0.4 is 9.64 Å². The lowest BCUT2D eigenvalue weighted by molar-refractivity contribution is -0.295. The van der Waals surface area contributed by atoms with Crippen molar-refractivity contribution >= 4 is 17.9 Å². The molecule has 1 amide bonds. The van der Waals surface area contributed by atoms with E-state index in [9.17, 15) is 32.3 Å². The third-order valence-corrected chi connectivity index (χ3v) is 7.58. The summed E-state index contributed by atoms with van der Waals surface area (Å²) in [5, 5.41) is 13.8. The number of nitrogens with zero attached hydrogens (tertiary/aromatic N) is 3. The molecular formula is C32H37F4N3O5. The second-order valence-corrected chi connectivity index (χ2v) is 12.3. The number of rotatable bonds is 13. The van der Waals surface area contributed by atoms with Crippen LogP contribution in [-0.2, 0) is 21.7 Å². The molecule has 12 heteroatoms. The van der Waals surface area contributed by atoms with Crippen molar-refractivity contribution in [2.24, 2.45) is 5.92 Å². The van der Waals surface area contributed by atoms with E-state index >= 15 is 0 Å². The van der Waals surface area contributed by atoms with Crippen LogP contribution in [0.1, 0.15) is 71.5 Å². The molecule has 238 valence electrons. The van der Waals surface area contributed by atoms with E-state index in [0.717, 1.165) is 11.1 Å². The maximum absolute atomic E-state index is 14.0. The van der Waals surface area contributed by atoms with Gasteiger partial charge in [-0.05, 0) is 88.8 Å². The van der Waals surface area contributed by atoms with E-state index < -0.39 is 47.7 Å². The number of aromatic nitrogens is 2. The summed E-state index contributed by atoms with van der Waals surface area (Å²) in [6.45, 7) is 6.18. The molecule has 2 aromatic carbocycles. The summed E-state index contributed by atoms with van der Waals surface area (Å²) in [5.41, 5.74) is -3.50.